The first kappa shape index (κ1) is 15.3. The van der Waals surface area contributed by atoms with Crippen molar-refractivity contribution < 1.29 is 14.6 Å². The second-order valence-electron chi connectivity index (χ2n) is 4.77. The number of hydrogen-bond acceptors (Lipinski definition) is 6. The molecule has 0 bridgehead atoms. The van der Waals surface area contributed by atoms with Gasteiger partial charge in [-0.15, -0.1) is 0 Å². The summed E-state index contributed by atoms with van der Waals surface area (Å²) in [7, 11) is 0. The average Bonchev–Trinajstić information content (AvgIpc) is 2.80. The van der Waals surface area contributed by atoms with Crippen molar-refractivity contribution in [2.45, 2.75) is 20.8 Å². The van der Waals surface area contributed by atoms with E-state index in [1.54, 1.807) is 6.92 Å². The highest BCUT2D eigenvalue weighted by Crippen LogP contribution is 2.22. The largest absolute Gasteiger partial charge is 0.544 e. The molecule has 0 saturated carbocycles. The van der Waals surface area contributed by atoms with Crippen molar-refractivity contribution in [1.29, 1.82) is 0 Å². The molecule has 0 radical (unpaired) electrons. The summed E-state index contributed by atoms with van der Waals surface area (Å²) in [5.41, 5.74) is 2.71. The fourth-order valence-corrected chi connectivity index (χ4v) is 2.67. The number of nitrogens with one attached hydrogen (secondary N) is 1. The van der Waals surface area contributed by atoms with Crippen LogP contribution < -0.4 is 15.2 Å². The maximum atomic E-state index is 10.8. The standard InChI is InChI=1S/C15H18N2O3S/c1-9-4-5-10(2)12(8-9)20-7-6-16-15-17-11(3)13(21-15)14(18)19/h4-5,8H,6-7H2,1-3H3,(H,16,17)(H,18,19)/p-1. The second kappa shape index (κ2) is 6.58. The van der Waals surface area contributed by atoms with Gasteiger partial charge in [-0.25, -0.2) is 4.98 Å². The van der Waals surface area contributed by atoms with Crippen LogP contribution >= 0.6 is 11.3 Å². The topological polar surface area (TPSA) is 74.3 Å². The summed E-state index contributed by atoms with van der Waals surface area (Å²) in [6.45, 7) is 6.69. The lowest BCUT2D eigenvalue weighted by Gasteiger charge is -2.10. The number of thiazole rings is 1. The Morgan fingerprint density at radius 1 is 1.38 bits per heavy atom. The SMILES string of the molecule is Cc1ccc(C)c(OCCNc2nc(C)c(C(=O)[O-])s2)c1. The Labute approximate surface area is 127 Å². The van der Waals surface area contributed by atoms with Gasteiger partial charge in [-0.3, -0.25) is 0 Å². The number of carbonyl (C=O) groups is 1. The van der Waals surface area contributed by atoms with Crippen molar-refractivity contribution in [3.63, 3.8) is 0 Å². The highest BCUT2D eigenvalue weighted by atomic mass is 32.1. The van der Waals surface area contributed by atoms with Crippen LogP contribution in [0.1, 0.15) is 26.5 Å². The third-order valence-corrected chi connectivity index (χ3v) is 4.06. The first-order valence-electron chi connectivity index (χ1n) is 6.60. The number of aromatic carboxylic acids is 1. The van der Waals surface area contributed by atoms with E-state index in [1.165, 1.54) is 0 Å². The summed E-state index contributed by atoms with van der Waals surface area (Å²) in [5.74, 6) is -0.327. The van der Waals surface area contributed by atoms with E-state index in [-0.39, 0.29) is 4.88 Å². The molecule has 0 unspecified atom stereocenters. The third-order valence-electron chi connectivity index (χ3n) is 2.96. The molecular formula is C15H17N2O3S-. The molecule has 1 N–H and O–H groups in total. The number of carboxylic acids is 1. The van der Waals surface area contributed by atoms with E-state index < -0.39 is 5.97 Å². The zero-order valence-electron chi connectivity index (χ0n) is 12.2. The van der Waals surface area contributed by atoms with Crippen molar-refractivity contribution in [2.24, 2.45) is 0 Å². The number of ether oxygens (including phenoxy) is 1. The number of hydrogen-bond donors (Lipinski definition) is 1. The molecule has 0 aliphatic rings. The van der Waals surface area contributed by atoms with Crippen LogP contribution in [0.3, 0.4) is 0 Å². The smallest absolute Gasteiger partial charge is 0.183 e. The molecule has 0 saturated heterocycles. The van der Waals surface area contributed by atoms with Crippen molar-refractivity contribution in [3.8, 4) is 5.75 Å². The van der Waals surface area contributed by atoms with Crippen LogP contribution in [0.5, 0.6) is 5.75 Å². The van der Waals surface area contributed by atoms with E-state index in [0.29, 0.717) is 24.0 Å². The number of nitrogens with zero attached hydrogens (tertiary/aromatic N) is 1. The van der Waals surface area contributed by atoms with Gasteiger partial charge in [-0.05, 0) is 38.0 Å². The van der Waals surface area contributed by atoms with Gasteiger partial charge in [0.25, 0.3) is 0 Å². The molecule has 21 heavy (non-hydrogen) atoms. The number of carbonyl (C=O) groups excluding carboxylic acids is 1. The molecule has 6 heteroatoms. The summed E-state index contributed by atoms with van der Waals surface area (Å²) >= 11 is 1.08. The van der Waals surface area contributed by atoms with Gasteiger partial charge in [0.05, 0.1) is 23.1 Å². The third kappa shape index (κ3) is 3.95. The summed E-state index contributed by atoms with van der Waals surface area (Å²) in [4.78, 5) is 15.1. The lowest BCUT2D eigenvalue weighted by atomic mass is 10.1. The van der Waals surface area contributed by atoms with Gasteiger partial charge in [-0.2, -0.15) is 0 Å². The van der Waals surface area contributed by atoms with Crippen molar-refractivity contribution in [2.75, 3.05) is 18.5 Å². The second-order valence-corrected chi connectivity index (χ2v) is 5.76. The average molecular weight is 305 g/mol. The fraction of sp³-hybridized carbons (Fsp3) is 0.333. The maximum Gasteiger partial charge on any atom is 0.183 e. The number of anilines is 1. The number of aromatic nitrogens is 1. The van der Waals surface area contributed by atoms with Crippen molar-refractivity contribution in [3.05, 3.63) is 39.9 Å². The molecule has 0 fully saturated rings. The summed E-state index contributed by atoms with van der Waals surface area (Å²) in [5, 5.41) is 14.4. The van der Waals surface area contributed by atoms with Gasteiger partial charge < -0.3 is 20.0 Å². The van der Waals surface area contributed by atoms with Crippen molar-refractivity contribution in [1.82, 2.24) is 4.98 Å². The molecule has 1 aromatic heterocycles. The van der Waals surface area contributed by atoms with Gasteiger partial charge in [-0.1, -0.05) is 23.5 Å². The molecule has 0 amide bonds. The summed E-state index contributed by atoms with van der Waals surface area (Å²) in [6.07, 6.45) is 0. The van der Waals surface area contributed by atoms with E-state index in [1.807, 2.05) is 32.0 Å². The van der Waals surface area contributed by atoms with E-state index in [2.05, 4.69) is 10.3 Å². The minimum absolute atomic E-state index is 0.160. The van der Waals surface area contributed by atoms with Crippen LogP contribution in [0.2, 0.25) is 0 Å². The van der Waals surface area contributed by atoms with Crippen LogP contribution in [0.25, 0.3) is 0 Å². The lowest BCUT2D eigenvalue weighted by Crippen LogP contribution is -2.21. The fourth-order valence-electron chi connectivity index (χ4n) is 1.84. The van der Waals surface area contributed by atoms with E-state index in [9.17, 15) is 9.90 Å². The molecule has 5 nitrogen and oxygen atoms in total. The Bertz CT molecular complexity index is 652. The Morgan fingerprint density at radius 2 is 2.14 bits per heavy atom. The minimum Gasteiger partial charge on any atom is -0.544 e. The van der Waals surface area contributed by atoms with E-state index in [4.69, 9.17) is 4.74 Å². The number of benzene rings is 1. The summed E-state index contributed by atoms with van der Waals surface area (Å²) in [6, 6.07) is 6.06. The van der Waals surface area contributed by atoms with Gasteiger partial charge in [0.1, 0.15) is 12.4 Å². The Balaban J connectivity index is 1.86. The zero-order valence-corrected chi connectivity index (χ0v) is 13.0. The van der Waals surface area contributed by atoms with Crippen LogP contribution in [-0.4, -0.2) is 24.1 Å². The molecule has 112 valence electrons. The zero-order chi connectivity index (χ0) is 15.4. The quantitative estimate of drug-likeness (QED) is 0.825. The van der Waals surface area contributed by atoms with Crippen LogP contribution in [0.4, 0.5) is 5.13 Å². The molecule has 0 atom stereocenters. The van der Waals surface area contributed by atoms with Crippen molar-refractivity contribution >= 4 is 22.4 Å². The monoisotopic (exact) mass is 305 g/mol. The lowest BCUT2D eigenvalue weighted by molar-refractivity contribution is -0.254. The maximum absolute atomic E-state index is 10.8. The molecule has 1 aromatic carbocycles. The molecular weight excluding hydrogens is 288 g/mol. The van der Waals surface area contributed by atoms with E-state index in [0.717, 1.165) is 28.2 Å². The van der Waals surface area contributed by atoms with Gasteiger partial charge in [0.2, 0.25) is 0 Å². The first-order chi connectivity index (χ1) is 9.97. The molecule has 0 aliphatic carbocycles. The highest BCUT2D eigenvalue weighted by molar-refractivity contribution is 7.17. The summed E-state index contributed by atoms with van der Waals surface area (Å²) < 4.78 is 5.71. The number of carboxylic acid groups (broad SMARTS) is 1. The molecule has 2 aromatic rings. The Kier molecular flexibility index (Phi) is 4.80. The Hall–Kier alpha value is -2.08. The van der Waals surface area contributed by atoms with Gasteiger partial charge >= 0.3 is 0 Å². The van der Waals surface area contributed by atoms with Crippen LogP contribution in [0.15, 0.2) is 18.2 Å². The molecule has 1 heterocycles. The predicted molar refractivity (Wildman–Crippen MR) is 81.1 cm³/mol. The minimum atomic E-state index is -1.19. The number of aryl methyl sites for hydroxylation is 3. The Morgan fingerprint density at radius 3 is 2.81 bits per heavy atom. The first-order valence-corrected chi connectivity index (χ1v) is 7.41. The van der Waals surface area contributed by atoms with Crippen LogP contribution in [0, 0.1) is 20.8 Å². The highest BCUT2D eigenvalue weighted by Gasteiger charge is 2.07. The van der Waals surface area contributed by atoms with E-state index >= 15 is 0 Å². The van der Waals surface area contributed by atoms with Gasteiger partial charge in [0, 0.05) is 0 Å². The molecule has 0 aliphatic heterocycles. The number of rotatable bonds is 6. The molecule has 0 spiro atoms. The van der Waals surface area contributed by atoms with Gasteiger partial charge in [0.15, 0.2) is 5.13 Å². The molecule has 2 rings (SSSR count). The normalized spacial score (nSPS) is 10.4. The predicted octanol–water partition coefficient (Wildman–Crippen LogP) is 1.92. The van der Waals surface area contributed by atoms with Crippen LogP contribution in [-0.2, 0) is 0 Å².